The first-order valence-electron chi connectivity index (χ1n) is 7.51. The van der Waals surface area contributed by atoms with Gasteiger partial charge in [-0.05, 0) is 11.6 Å². The topological polar surface area (TPSA) is 90.7 Å². The van der Waals surface area contributed by atoms with Crippen LogP contribution < -0.4 is 10.1 Å². The molecule has 124 valence electrons. The standard InChI is InChI=1S/C17H16N2O5/c20-17-16(23-11-10-18-17)15(12-6-2-1-3-7-12)24-14-9-5-4-8-13(14)19(21)22/h1-9,15-16H,10-11H2,(H,18,20). The van der Waals surface area contributed by atoms with Crippen molar-refractivity contribution >= 4 is 11.6 Å². The van der Waals surface area contributed by atoms with Gasteiger partial charge in [-0.25, -0.2) is 0 Å². The molecule has 0 bridgehead atoms. The zero-order chi connectivity index (χ0) is 16.9. The summed E-state index contributed by atoms with van der Waals surface area (Å²) in [6, 6.07) is 15.1. The highest BCUT2D eigenvalue weighted by Crippen LogP contribution is 2.33. The van der Waals surface area contributed by atoms with Crippen molar-refractivity contribution in [1.82, 2.24) is 5.32 Å². The molecule has 2 atom stereocenters. The molecule has 0 aliphatic carbocycles. The number of hydrogen-bond acceptors (Lipinski definition) is 5. The zero-order valence-electron chi connectivity index (χ0n) is 12.8. The van der Waals surface area contributed by atoms with E-state index in [0.29, 0.717) is 18.7 Å². The molecule has 1 fully saturated rings. The third kappa shape index (κ3) is 3.36. The number of ether oxygens (including phenoxy) is 2. The molecule has 24 heavy (non-hydrogen) atoms. The number of carbonyl (C=O) groups is 1. The first-order chi connectivity index (χ1) is 11.7. The number of nitro benzene ring substituents is 1. The molecular weight excluding hydrogens is 312 g/mol. The van der Waals surface area contributed by atoms with E-state index in [1.54, 1.807) is 24.3 Å². The van der Waals surface area contributed by atoms with E-state index in [-0.39, 0.29) is 17.3 Å². The maximum absolute atomic E-state index is 12.2. The molecule has 1 heterocycles. The molecule has 2 aromatic carbocycles. The second-order valence-electron chi connectivity index (χ2n) is 5.26. The average Bonchev–Trinajstić information content (AvgIpc) is 2.61. The Morgan fingerprint density at radius 3 is 2.58 bits per heavy atom. The van der Waals surface area contributed by atoms with Crippen LogP contribution in [0.2, 0.25) is 0 Å². The first kappa shape index (κ1) is 15.9. The number of carbonyl (C=O) groups excluding carboxylic acids is 1. The number of amides is 1. The van der Waals surface area contributed by atoms with E-state index in [4.69, 9.17) is 9.47 Å². The second-order valence-corrected chi connectivity index (χ2v) is 5.26. The number of rotatable bonds is 5. The van der Waals surface area contributed by atoms with Crippen LogP contribution in [0.25, 0.3) is 0 Å². The number of nitro groups is 1. The van der Waals surface area contributed by atoms with Crippen LogP contribution >= 0.6 is 0 Å². The van der Waals surface area contributed by atoms with Crippen molar-refractivity contribution in [2.24, 2.45) is 0 Å². The summed E-state index contributed by atoms with van der Waals surface area (Å²) in [7, 11) is 0. The Balaban J connectivity index is 1.97. The van der Waals surface area contributed by atoms with Crippen LogP contribution in [0.15, 0.2) is 54.6 Å². The molecule has 2 unspecified atom stereocenters. The van der Waals surface area contributed by atoms with Gasteiger partial charge < -0.3 is 14.8 Å². The van der Waals surface area contributed by atoms with Gasteiger partial charge in [0.1, 0.15) is 0 Å². The van der Waals surface area contributed by atoms with Gasteiger partial charge in [-0.15, -0.1) is 0 Å². The lowest BCUT2D eigenvalue weighted by atomic mass is 10.0. The third-order valence-electron chi connectivity index (χ3n) is 3.68. The highest BCUT2D eigenvalue weighted by molar-refractivity contribution is 5.82. The fourth-order valence-corrected chi connectivity index (χ4v) is 2.55. The number of morpholine rings is 1. The molecule has 7 heteroatoms. The van der Waals surface area contributed by atoms with Gasteiger partial charge in [-0.1, -0.05) is 42.5 Å². The van der Waals surface area contributed by atoms with Crippen LogP contribution in [0.3, 0.4) is 0 Å². The van der Waals surface area contributed by atoms with E-state index in [2.05, 4.69) is 5.32 Å². The fourth-order valence-electron chi connectivity index (χ4n) is 2.55. The van der Waals surface area contributed by atoms with Crippen molar-refractivity contribution in [1.29, 1.82) is 0 Å². The number of hydrogen-bond donors (Lipinski definition) is 1. The number of para-hydroxylation sites is 2. The van der Waals surface area contributed by atoms with E-state index in [9.17, 15) is 14.9 Å². The number of nitrogens with one attached hydrogen (secondary N) is 1. The molecule has 1 aliphatic heterocycles. The summed E-state index contributed by atoms with van der Waals surface area (Å²) >= 11 is 0. The highest BCUT2D eigenvalue weighted by atomic mass is 16.6. The summed E-state index contributed by atoms with van der Waals surface area (Å²) in [6.07, 6.45) is -1.66. The summed E-state index contributed by atoms with van der Waals surface area (Å²) in [5.41, 5.74) is 0.548. The zero-order valence-corrected chi connectivity index (χ0v) is 12.8. The van der Waals surface area contributed by atoms with Crippen LogP contribution in [0, 0.1) is 10.1 Å². The third-order valence-corrected chi connectivity index (χ3v) is 3.68. The average molecular weight is 328 g/mol. The SMILES string of the molecule is O=C1NCCOC1C(Oc1ccccc1[N+](=O)[O-])c1ccccc1. The molecule has 0 aromatic heterocycles. The van der Waals surface area contributed by atoms with Crippen molar-refractivity contribution in [3.63, 3.8) is 0 Å². The minimum Gasteiger partial charge on any atom is -0.475 e. The Hall–Kier alpha value is -2.93. The Kier molecular flexibility index (Phi) is 4.72. The summed E-state index contributed by atoms with van der Waals surface area (Å²) in [5, 5.41) is 13.9. The molecule has 0 radical (unpaired) electrons. The molecule has 1 N–H and O–H groups in total. The predicted octanol–water partition coefficient (Wildman–Crippen LogP) is 2.23. The summed E-state index contributed by atoms with van der Waals surface area (Å²) in [5.74, 6) is -0.202. The van der Waals surface area contributed by atoms with Crippen molar-refractivity contribution < 1.29 is 19.2 Å². The van der Waals surface area contributed by atoms with E-state index in [0.717, 1.165) is 0 Å². The Morgan fingerprint density at radius 1 is 1.17 bits per heavy atom. The van der Waals surface area contributed by atoms with Crippen LogP contribution in [-0.2, 0) is 9.53 Å². The molecule has 1 aliphatic rings. The monoisotopic (exact) mass is 328 g/mol. The molecule has 1 amide bonds. The predicted molar refractivity (Wildman–Crippen MR) is 85.7 cm³/mol. The maximum Gasteiger partial charge on any atom is 0.310 e. The van der Waals surface area contributed by atoms with E-state index < -0.39 is 17.1 Å². The fraction of sp³-hybridized carbons (Fsp3) is 0.235. The number of nitrogens with zero attached hydrogens (tertiary/aromatic N) is 1. The van der Waals surface area contributed by atoms with E-state index in [1.165, 1.54) is 12.1 Å². The quantitative estimate of drug-likeness (QED) is 0.671. The Labute approximate surface area is 138 Å². The van der Waals surface area contributed by atoms with Gasteiger partial charge in [0.05, 0.1) is 11.5 Å². The van der Waals surface area contributed by atoms with Crippen LogP contribution in [0.1, 0.15) is 11.7 Å². The molecule has 7 nitrogen and oxygen atoms in total. The molecule has 0 spiro atoms. The maximum atomic E-state index is 12.2. The molecule has 3 rings (SSSR count). The lowest BCUT2D eigenvalue weighted by Crippen LogP contribution is -2.48. The van der Waals surface area contributed by atoms with Crippen molar-refractivity contribution in [2.45, 2.75) is 12.2 Å². The Morgan fingerprint density at radius 2 is 1.88 bits per heavy atom. The summed E-state index contributed by atoms with van der Waals surface area (Å²) in [4.78, 5) is 22.8. The van der Waals surface area contributed by atoms with Crippen LogP contribution in [-0.4, -0.2) is 30.1 Å². The van der Waals surface area contributed by atoms with Crippen molar-refractivity contribution in [3.05, 3.63) is 70.3 Å². The van der Waals surface area contributed by atoms with E-state index >= 15 is 0 Å². The van der Waals surface area contributed by atoms with Gasteiger partial charge in [0.25, 0.3) is 5.91 Å². The normalized spacial score (nSPS) is 18.5. The van der Waals surface area contributed by atoms with Gasteiger partial charge in [-0.3, -0.25) is 14.9 Å². The minimum absolute atomic E-state index is 0.0957. The summed E-state index contributed by atoms with van der Waals surface area (Å²) < 4.78 is 11.4. The second kappa shape index (κ2) is 7.10. The molecule has 1 saturated heterocycles. The first-order valence-corrected chi connectivity index (χ1v) is 7.51. The van der Waals surface area contributed by atoms with Crippen LogP contribution in [0.5, 0.6) is 5.75 Å². The minimum atomic E-state index is -0.874. The van der Waals surface area contributed by atoms with Crippen molar-refractivity contribution in [3.8, 4) is 5.75 Å². The molecular formula is C17H16N2O5. The van der Waals surface area contributed by atoms with Gasteiger partial charge >= 0.3 is 5.69 Å². The molecule has 0 saturated carbocycles. The van der Waals surface area contributed by atoms with Gasteiger partial charge in [0.15, 0.2) is 18.0 Å². The summed E-state index contributed by atoms with van der Waals surface area (Å²) in [6.45, 7) is 0.794. The van der Waals surface area contributed by atoms with E-state index in [1.807, 2.05) is 18.2 Å². The smallest absolute Gasteiger partial charge is 0.310 e. The molecule has 2 aromatic rings. The van der Waals surface area contributed by atoms with Crippen molar-refractivity contribution in [2.75, 3.05) is 13.2 Å². The lowest BCUT2D eigenvalue weighted by Gasteiger charge is -2.30. The number of benzene rings is 2. The largest absolute Gasteiger partial charge is 0.475 e. The van der Waals surface area contributed by atoms with Crippen LogP contribution in [0.4, 0.5) is 5.69 Å². The van der Waals surface area contributed by atoms with Gasteiger partial charge in [0.2, 0.25) is 0 Å². The van der Waals surface area contributed by atoms with Gasteiger partial charge in [0, 0.05) is 12.6 Å². The van der Waals surface area contributed by atoms with Gasteiger partial charge in [-0.2, -0.15) is 0 Å². The Bertz CT molecular complexity index is 735. The highest BCUT2D eigenvalue weighted by Gasteiger charge is 2.35. The lowest BCUT2D eigenvalue weighted by molar-refractivity contribution is -0.386.